The molecular formula is C18H29N5O. The van der Waals surface area contributed by atoms with E-state index in [0.717, 1.165) is 69.0 Å². The molecule has 132 valence electrons. The minimum atomic E-state index is 0.110. The van der Waals surface area contributed by atoms with Crippen LogP contribution in [0.15, 0.2) is 6.07 Å². The van der Waals surface area contributed by atoms with Crippen molar-refractivity contribution in [2.75, 3.05) is 18.0 Å². The fourth-order valence-corrected chi connectivity index (χ4v) is 3.90. The van der Waals surface area contributed by atoms with Crippen molar-refractivity contribution in [3.05, 3.63) is 17.6 Å². The highest BCUT2D eigenvalue weighted by atomic mass is 16.1. The second kappa shape index (κ2) is 7.47. The lowest BCUT2D eigenvalue weighted by Crippen LogP contribution is -2.47. The van der Waals surface area contributed by atoms with Crippen molar-refractivity contribution in [3.63, 3.8) is 0 Å². The van der Waals surface area contributed by atoms with Gasteiger partial charge in [-0.05, 0) is 46.0 Å². The predicted molar refractivity (Wildman–Crippen MR) is 94.8 cm³/mol. The Hall–Kier alpha value is -1.69. The number of hydrogen-bond donors (Lipinski definition) is 2. The van der Waals surface area contributed by atoms with Gasteiger partial charge in [-0.2, -0.15) is 0 Å². The highest BCUT2D eigenvalue weighted by Gasteiger charge is 2.28. The summed E-state index contributed by atoms with van der Waals surface area (Å²) in [5.41, 5.74) is 7.01. The van der Waals surface area contributed by atoms with Crippen molar-refractivity contribution in [1.82, 2.24) is 15.3 Å². The van der Waals surface area contributed by atoms with E-state index in [4.69, 9.17) is 5.73 Å². The molecule has 3 rings (SSSR count). The summed E-state index contributed by atoms with van der Waals surface area (Å²) in [7, 11) is 0. The van der Waals surface area contributed by atoms with Crippen molar-refractivity contribution < 1.29 is 4.79 Å². The quantitative estimate of drug-likeness (QED) is 0.880. The molecule has 2 unspecified atom stereocenters. The standard InChI is InChI=1S/C18H29N5O/c1-12-10-17(21-13(2)20-12)23-8-6-16(7-9-23)22-18(24)14-4-3-5-15(19)11-14/h10,14-16H,3-9,11,19H2,1-2H3,(H,22,24). The monoisotopic (exact) mass is 331 g/mol. The van der Waals surface area contributed by atoms with Crippen LogP contribution in [0.4, 0.5) is 5.82 Å². The smallest absolute Gasteiger partial charge is 0.223 e. The van der Waals surface area contributed by atoms with Gasteiger partial charge in [0.25, 0.3) is 0 Å². The number of nitrogens with one attached hydrogen (secondary N) is 1. The molecule has 1 aliphatic heterocycles. The SMILES string of the molecule is Cc1cc(N2CCC(NC(=O)C3CCCC(N)C3)CC2)nc(C)n1. The molecule has 1 amide bonds. The van der Waals surface area contributed by atoms with Gasteiger partial charge < -0.3 is 16.0 Å². The number of carbonyl (C=O) groups excluding carboxylic acids is 1. The molecule has 0 bridgehead atoms. The number of piperidine rings is 1. The lowest BCUT2D eigenvalue weighted by molar-refractivity contribution is -0.127. The highest BCUT2D eigenvalue weighted by molar-refractivity contribution is 5.79. The van der Waals surface area contributed by atoms with E-state index in [-0.39, 0.29) is 23.9 Å². The van der Waals surface area contributed by atoms with E-state index in [2.05, 4.69) is 20.2 Å². The maximum atomic E-state index is 12.5. The van der Waals surface area contributed by atoms with Crippen molar-refractivity contribution >= 4 is 11.7 Å². The summed E-state index contributed by atoms with van der Waals surface area (Å²) in [6.07, 6.45) is 5.88. The molecule has 1 aromatic heterocycles. The van der Waals surface area contributed by atoms with Gasteiger partial charge in [0.2, 0.25) is 5.91 Å². The Morgan fingerprint density at radius 3 is 2.62 bits per heavy atom. The number of aryl methyl sites for hydroxylation is 2. The van der Waals surface area contributed by atoms with Gasteiger partial charge in [-0.3, -0.25) is 4.79 Å². The van der Waals surface area contributed by atoms with Crippen LogP contribution in [0.1, 0.15) is 50.0 Å². The summed E-state index contributed by atoms with van der Waals surface area (Å²) in [6, 6.07) is 2.51. The Labute approximate surface area is 144 Å². The number of anilines is 1. The number of rotatable bonds is 3. The van der Waals surface area contributed by atoms with Crippen LogP contribution in [-0.4, -0.2) is 41.0 Å². The molecule has 1 saturated carbocycles. The maximum absolute atomic E-state index is 12.5. The molecule has 3 N–H and O–H groups in total. The summed E-state index contributed by atoms with van der Waals surface area (Å²) in [5.74, 6) is 2.13. The third-order valence-electron chi connectivity index (χ3n) is 5.20. The maximum Gasteiger partial charge on any atom is 0.223 e. The third kappa shape index (κ3) is 4.23. The van der Waals surface area contributed by atoms with Crippen LogP contribution in [0, 0.1) is 19.8 Å². The summed E-state index contributed by atoms with van der Waals surface area (Å²) in [4.78, 5) is 23.6. The van der Waals surface area contributed by atoms with Gasteiger partial charge in [0.15, 0.2) is 0 Å². The largest absolute Gasteiger partial charge is 0.356 e. The number of hydrogen-bond acceptors (Lipinski definition) is 5. The van der Waals surface area contributed by atoms with Gasteiger partial charge in [-0.15, -0.1) is 0 Å². The molecule has 0 spiro atoms. The van der Waals surface area contributed by atoms with Gasteiger partial charge in [-0.25, -0.2) is 9.97 Å². The Balaban J connectivity index is 1.50. The van der Waals surface area contributed by atoms with Crippen molar-refractivity contribution in [2.45, 2.75) is 64.5 Å². The molecule has 24 heavy (non-hydrogen) atoms. The molecule has 1 aromatic rings. The number of carbonyl (C=O) groups is 1. The first-order valence-corrected chi connectivity index (χ1v) is 9.14. The zero-order valence-electron chi connectivity index (χ0n) is 14.8. The van der Waals surface area contributed by atoms with Crippen LogP contribution in [0.5, 0.6) is 0 Å². The lowest BCUT2D eigenvalue weighted by atomic mass is 9.85. The normalized spacial score (nSPS) is 25.5. The van der Waals surface area contributed by atoms with E-state index in [9.17, 15) is 4.79 Å². The van der Waals surface area contributed by atoms with E-state index in [1.807, 2.05) is 19.9 Å². The Morgan fingerprint density at radius 2 is 1.96 bits per heavy atom. The molecule has 6 nitrogen and oxygen atoms in total. The first kappa shape index (κ1) is 17.1. The minimum Gasteiger partial charge on any atom is -0.356 e. The fraction of sp³-hybridized carbons (Fsp3) is 0.722. The zero-order chi connectivity index (χ0) is 17.1. The van der Waals surface area contributed by atoms with Crippen molar-refractivity contribution in [2.24, 2.45) is 11.7 Å². The number of amides is 1. The van der Waals surface area contributed by atoms with Gasteiger partial charge in [0.1, 0.15) is 11.6 Å². The second-order valence-electron chi connectivity index (χ2n) is 7.31. The highest BCUT2D eigenvalue weighted by Crippen LogP contribution is 2.24. The molecule has 2 atom stereocenters. The molecule has 1 aliphatic carbocycles. The van der Waals surface area contributed by atoms with Crippen LogP contribution >= 0.6 is 0 Å². The second-order valence-corrected chi connectivity index (χ2v) is 7.31. The average Bonchev–Trinajstić information content (AvgIpc) is 2.54. The molecule has 2 heterocycles. The van der Waals surface area contributed by atoms with E-state index in [1.165, 1.54) is 0 Å². The Morgan fingerprint density at radius 1 is 1.21 bits per heavy atom. The predicted octanol–water partition coefficient (Wildman–Crippen LogP) is 1.70. The van der Waals surface area contributed by atoms with Gasteiger partial charge in [0.05, 0.1) is 0 Å². The summed E-state index contributed by atoms with van der Waals surface area (Å²) < 4.78 is 0. The number of nitrogens with zero attached hydrogens (tertiary/aromatic N) is 3. The molecule has 1 saturated heterocycles. The summed E-state index contributed by atoms with van der Waals surface area (Å²) >= 11 is 0. The zero-order valence-corrected chi connectivity index (χ0v) is 14.8. The summed E-state index contributed by atoms with van der Waals surface area (Å²) in [5, 5.41) is 3.25. The van der Waals surface area contributed by atoms with E-state index in [0.29, 0.717) is 0 Å². The third-order valence-corrected chi connectivity index (χ3v) is 5.20. The number of nitrogens with two attached hydrogens (primary N) is 1. The molecule has 0 radical (unpaired) electrons. The lowest BCUT2D eigenvalue weighted by Gasteiger charge is -2.34. The van der Waals surface area contributed by atoms with E-state index in [1.54, 1.807) is 0 Å². The van der Waals surface area contributed by atoms with Gasteiger partial charge in [-0.1, -0.05) is 6.42 Å². The first-order valence-electron chi connectivity index (χ1n) is 9.14. The molecule has 0 aromatic carbocycles. The first-order chi connectivity index (χ1) is 11.5. The Kier molecular flexibility index (Phi) is 5.33. The van der Waals surface area contributed by atoms with Crippen molar-refractivity contribution in [3.8, 4) is 0 Å². The molecule has 2 fully saturated rings. The average molecular weight is 331 g/mol. The van der Waals surface area contributed by atoms with Gasteiger partial charge in [0, 0.05) is 42.9 Å². The van der Waals surface area contributed by atoms with Crippen LogP contribution in [-0.2, 0) is 4.79 Å². The van der Waals surface area contributed by atoms with Gasteiger partial charge >= 0.3 is 0 Å². The van der Waals surface area contributed by atoms with Crippen molar-refractivity contribution in [1.29, 1.82) is 0 Å². The minimum absolute atomic E-state index is 0.110. The molecule has 6 heteroatoms. The Bertz CT molecular complexity index is 563. The molecular weight excluding hydrogens is 302 g/mol. The van der Waals surface area contributed by atoms with Crippen LogP contribution in [0.25, 0.3) is 0 Å². The van der Waals surface area contributed by atoms with Crippen LogP contribution < -0.4 is 16.0 Å². The fourth-order valence-electron chi connectivity index (χ4n) is 3.90. The summed E-state index contributed by atoms with van der Waals surface area (Å²) in [6.45, 7) is 5.77. The topological polar surface area (TPSA) is 84.1 Å². The van der Waals surface area contributed by atoms with Crippen LogP contribution in [0.3, 0.4) is 0 Å². The van der Waals surface area contributed by atoms with Crippen LogP contribution in [0.2, 0.25) is 0 Å². The number of aromatic nitrogens is 2. The molecule has 2 aliphatic rings. The van der Waals surface area contributed by atoms with E-state index >= 15 is 0 Å². The van der Waals surface area contributed by atoms with E-state index < -0.39 is 0 Å².